The van der Waals surface area contributed by atoms with Gasteiger partial charge in [0.1, 0.15) is 5.69 Å². The minimum atomic E-state index is -5.21. The van der Waals surface area contributed by atoms with Crippen molar-refractivity contribution in [2.75, 3.05) is 0 Å². The van der Waals surface area contributed by atoms with Crippen molar-refractivity contribution < 1.29 is 27.9 Å². The quantitative estimate of drug-likeness (QED) is 0.656. The summed E-state index contributed by atoms with van der Waals surface area (Å²) >= 11 is 0. The molecular weight excluding hydrogens is 259 g/mol. The standard InChI is InChI=1S/C8H4F3N3O4/c9-8(10,11)18-7-5(15)3-13-4(1-2-12)6(7)14(16)17/h3,15H,1H2. The van der Waals surface area contributed by atoms with Crippen LogP contribution in [0.15, 0.2) is 6.20 Å². The third kappa shape index (κ3) is 2.97. The summed E-state index contributed by atoms with van der Waals surface area (Å²) in [5, 5.41) is 28.2. The van der Waals surface area contributed by atoms with Gasteiger partial charge in [0.2, 0.25) is 0 Å². The average Bonchev–Trinajstić information content (AvgIpc) is 2.21. The Kier molecular flexibility index (Phi) is 3.55. The normalized spacial score (nSPS) is 10.8. The van der Waals surface area contributed by atoms with Crippen LogP contribution in [-0.4, -0.2) is 21.4 Å². The molecule has 0 aliphatic carbocycles. The first-order valence-corrected chi connectivity index (χ1v) is 4.24. The van der Waals surface area contributed by atoms with Gasteiger partial charge in [-0.15, -0.1) is 13.2 Å². The van der Waals surface area contributed by atoms with Crippen molar-refractivity contribution in [1.29, 1.82) is 5.26 Å². The maximum Gasteiger partial charge on any atom is 0.573 e. The highest BCUT2D eigenvalue weighted by Gasteiger charge is 2.38. The highest BCUT2D eigenvalue weighted by atomic mass is 19.4. The third-order valence-corrected chi connectivity index (χ3v) is 1.71. The minimum absolute atomic E-state index is 0.528. The maximum atomic E-state index is 12.0. The number of halogens is 3. The molecule has 0 aliphatic heterocycles. The van der Waals surface area contributed by atoms with E-state index in [1.807, 2.05) is 0 Å². The van der Waals surface area contributed by atoms with Gasteiger partial charge in [-0.3, -0.25) is 10.1 Å². The molecule has 0 atom stereocenters. The summed E-state index contributed by atoms with van der Waals surface area (Å²) in [6, 6.07) is 1.50. The molecule has 0 saturated heterocycles. The number of aromatic nitrogens is 1. The van der Waals surface area contributed by atoms with E-state index in [1.54, 1.807) is 0 Å². The van der Waals surface area contributed by atoms with Gasteiger partial charge in [-0.25, -0.2) is 4.98 Å². The molecule has 96 valence electrons. The molecule has 1 N–H and O–H groups in total. The molecule has 1 rings (SSSR count). The van der Waals surface area contributed by atoms with Crippen molar-refractivity contribution in [3.8, 4) is 17.6 Å². The summed E-state index contributed by atoms with van der Waals surface area (Å²) in [7, 11) is 0. The molecule has 0 aromatic carbocycles. The van der Waals surface area contributed by atoms with Gasteiger partial charge in [-0.05, 0) is 0 Å². The second kappa shape index (κ2) is 4.74. The Hall–Kier alpha value is -2.57. The van der Waals surface area contributed by atoms with Gasteiger partial charge in [0.25, 0.3) is 5.75 Å². The zero-order valence-corrected chi connectivity index (χ0v) is 8.43. The van der Waals surface area contributed by atoms with Crippen LogP contribution in [0.4, 0.5) is 18.9 Å². The van der Waals surface area contributed by atoms with Crippen LogP contribution in [0, 0.1) is 21.4 Å². The van der Waals surface area contributed by atoms with E-state index in [2.05, 4.69) is 9.72 Å². The summed E-state index contributed by atoms with van der Waals surface area (Å²) in [6.07, 6.45) is -5.26. The molecule has 0 saturated carbocycles. The maximum absolute atomic E-state index is 12.0. The molecular formula is C8H4F3N3O4. The lowest BCUT2D eigenvalue weighted by Gasteiger charge is -2.11. The van der Waals surface area contributed by atoms with Crippen molar-refractivity contribution >= 4 is 5.69 Å². The van der Waals surface area contributed by atoms with E-state index in [0.717, 1.165) is 0 Å². The minimum Gasteiger partial charge on any atom is -0.503 e. The van der Waals surface area contributed by atoms with Gasteiger partial charge in [-0.1, -0.05) is 0 Å². The topological polar surface area (TPSA) is 109 Å². The van der Waals surface area contributed by atoms with Crippen LogP contribution in [0.5, 0.6) is 11.5 Å². The van der Waals surface area contributed by atoms with E-state index in [-0.39, 0.29) is 0 Å². The first-order chi connectivity index (χ1) is 8.26. The number of nitrogens with zero attached hydrogens (tertiary/aromatic N) is 3. The summed E-state index contributed by atoms with van der Waals surface area (Å²) in [4.78, 5) is 12.8. The zero-order valence-electron chi connectivity index (χ0n) is 8.43. The first kappa shape index (κ1) is 13.5. The van der Waals surface area contributed by atoms with Crippen molar-refractivity contribution in [1.82, 2.24) is 4.98 Å². The van der Waals surface area contributed by atoms with Crippen LogP contribution in [0.1, 0.15) is 5.69 Å². The highest BCUT2D eigenvalue weighted by molar-refractivity contribution is 5.57. The van der Waals surface area contributed by atoms with Gasteiger partial charge in [0.15, 0.2) is 5.75 Å². The second-order valence-corrected chi connectivity index (χ2v) is 2.91. The highest BCUT2D eigenvalue weighted by Crippen LogP contribution is 2.40. The number of ether oxygens (including phenoxy) is 1. The Labute approximate surface area is 97.2 Å². The van der Waals surface area contributed by atoms with Crippen LogP contribution in [0.25, 0.3) is 0 Å². The third-order valence-electron chi connectivity index (χ3n) is 1.71. The molecule has 18 heavy (non-hydrogen) atoms. The van der Waals surface area contributed by atoms with Gasteiger partial charge >= 0.3 is 12.0 Å². The lowest BCUT2D eigenvalue weighted by molar-refractivity contribution is -0.389. The fourth-order valence-electron chi connectivity index (χ4n) is 1.12. The Morgan fingerprint density at radius 2 is 2.22 bits per heavy atom. The average molecular weight is 263 g/mol. The number of pyridine rings is 1. The molecule has 0 fully saturated rings. The van der Waals surface area contributed by atoms with Gasteiger partial charge < -0.3 is 9.84 Å². The summed E-state index contributed by atoms with van der Waals surface area (Å²) in [5.74, 6) is -2.52. The molecule has 0 spiro atoms. The first-order valence-electron chi connectivity index (χ1n) is 4.24. The smallest absolute Gasteiger partial charge is 0.503 e. The Bertz CT molecular complexity index is 524. The van der Waals surface area contributed by atoms with E-state index in [4.69, 9.17) is 10.4 Å². The molecule has 0 aliphatic rings. The van der Waals surface area contributed by atoms with Crippen molar-refractivity contribution in [3.05, 3.63) is 22.0 Å². The molecule has 0 unspecified atom stereocenters. The van der Waals surface area contributed by atoms with Gasteiger partial charge in [-0.2, -0.15) is 5.26 Å². The van der Waals surface area contributed by atoms with Crippen LogP contribution in [0.2, 0.25) is 0 Å². The lowest BCUT2D eigenvalue weighted by atomic mass is 10.2. The number of hydrogen-bond acceptors (Lipinski definition) is 6. The van der Waals surface area contributed by atoms with E-state index >= 15 is 0 Å². The zero-order chi connectivity index (χ0) is 13.9. The summed E-state index contributed by atoms with van der Waals surface area (Å²) < 4.78 is 39.5. The van der Waals surface area contributed by atoms with Crippen LogP contribution < -0.4 is 4.74 Å². The Balaban J connectivity index is 3.42. The summed E-state index contributed by atoms with van der Waals surface area (Å²) in [6.45, 7) is 0. The number of rotatable bonds is 3. The fourth-order valence-corrected chi connectivity index (χ4v) is 1.12. The number of nitriles is 1. The molecule has 1 aromatic heterocycles. The fraction of sp³-hybridized carbons (Fsp3) is 0.250. The summed E-state index contributed by atoms with van der Waals surface area (Å²) in [5.41, 5.74) is -1.71. The predicted molar refractivity (Wildman–Crippen MR) is 48.6 cm³/mol. The van der Waals surface area contributed by atoms with E-state index in [1.165, 1.54) is 6.07 Å². The molecule has 7 nitrogen and oxygen atoms in total. The lowest BCUT2D eigenvalue weighted by Crippen LogP contribution is -2.18. The Morgan fingerprint density at radius 1 is 1.61 bits per heavy atom. The second-order valence-electron chi connectivity index (χ2n) is 2.91. The predicted octanol–water partition coefficient (Wildman–Crippen LogP) is 1.66. The van der Waals surface area contributed by atoms with E-state index in [9.17, 15) is 23.3 Å². The van der Waals surface area contributed by atoms with Crippen LogP contribution in [0.3, 0.4) is 0 Å². The number of hydrogen-bond donors (Lipinski definition) is 1. The molecule has 0 amide bonds. The van der Waals surface area contributed by atoms with E-state index in [0.29, 0.717) is 6.20 Å². The largest absolute Gasteiger partial charge is 0.573 e. The molecule has 1 aromatic rings. The molecule has 10 heteroatoms. The van der Waals surface area contributed by atoms with E-state index < -0.39 is 40.6 Å². The number of nitro groups is 1. The van der Waals surface area contributed by atoms with Crippen molar-refractivity contribution in [2.24, 2.45) is 0 Å². The Morgan fingerprint density at radius 3 is 2.67 bits per heavy atom. The SMILES string of the molecule is N#CCc1ncc(O)c(OC(F)(F)F)c1[N+](=O)[O-]. The van der Waals surface area contributed by atoms with Gasteiger partial charge in [0.05, 0.1) is 23.6 Å². The number of aromatic hydroxyl groups is 1. The molecule has 1 heterocycles. The number of alkyl halides is 3. The van der Waals surface area contributed by atoms with Gasteiger partial charge in [0, 0.05) is 0 Å². The van der Waals surface area contributed by atoms with Crippen molar-refractivity contribution in [3.63, 3.8) is 0 Å². The molecule has 0 bridgehead atoms. The molecule has 0 radical (unpaired) electrons. The van der Waals surface area contributed by atoms with Crippen LogP contribution >= 0.6 is 0 Å². The van der Waals surface area contributed by atoms with Crippen molar-refractivity contribution in [2.45, 2.75) is 12.8 Å². The van der Waals surface area contributed by atoms with Crippen LogP contribution in [-0.2, 0) is 6.42 Å². The monoisotopic (exact) mass is 263 g/mol.